The van der Waals surface area contributed by atoms with Crippen LogP contribution in [0.2, 0.25) is 0 Å². The fourth-order valence-electron chi connectivity index (χ4n) is 4.82. The number of piperidine rings is 1. The van der Waals surface area contributed by atoms with Gasteiger partial charge in [-0.2, -0.15) is 0 Å². The zero-order valence-corrected chi connectivity index (χ0v) is 18.3. The third-order valence-corrected chi connectivity index (χ3v) is 6.55. The van der Waals surface area contributed by atoms with Crippen molar-refractivity contribution in [2.75, 3.05) is 19.6 Å². The number of carbonyl (C=O) groups excluding carboxylic acids is 2. The Hall–Kier alpha value is -1.88. The Morgan fingerprint density at radius 1 is 1.00 bits per heavy atom. The summed E-state index contributed by atoms with van der Waals surface area (Å²) in [7, 11) is 0. The van der Waals surface area contributed by atoms with Gasteiger partial charge in [0.25, 0.3) is 5.91 Å². The minimum Gasteiger partial charge on any atom is -0.352 e. The summed E-state index contributed by atoms with van der Waals surface area (Å²) in [5.74, 6) is 0.805. The van der Waals surface area contributed by atoms with Gasteiger partial charge in [-0.1, -0.05) is 17.2 Å². The van der Waals surface area contributed by atoms with Gasteiger partial charge in [0.2, 0.25) is 5.91 Å². The molecule has 0 bridgehead atoms. The molecule has 1 unspecified atom stereocenters. The summed E-state index contributed by atoms with van der Waals surface area (Å²) >= 11 is 0. The highest BCUT2D eigenvalue weighted by Gasteiger charge is 2.25. The third kappa shape index (κ3) is 6.30. The lowest BCUT2D eigenvalue weighted by Gasteiger charge is -2.34. The van der Waals surface area contributed by atoms with Crippen LogP contribution in [0, 0.1) is 19.8 Å². The summed E-state index contributed by atoms with van der Waals surface area (Å²) in [5.41, 5.74) is 2.99. The molecule has 3 rings (SSSR count). The normalized spacial score (nSPS) is 24.9. The van der Waals surface area contributed by atoms with Gasteiger partial charge in [-0.25, -0.2) is 0 Å². The van der Waals surface area contributed by atoms with Gasteiger partial charge in [0.1, 0.15) is 0 Å². The molecule has 1 atom stereocenters. The quantitative estimate of drug-likeness (QED) is 0.769. The minimum atomic E-state index is 0.0262. The van der Waals surface area contributed by atoms with Crippen LogP contribution in [0.1, 0.15) is 73.4 Å². The molecular formula is C24H37N3O2. The third-order valence-electron chi connectivity index (χ3n) is 6.55. The van der Waals surface area contributed by atoms with E-state index in [1.165, 1.54) is 6.42 Å². The molecule has 0 radical (unpaired) electrons. The molecule has 2 aliphatic rings. The van der Waals surface area contributed by atoms with Crippen LogP contribution in [0.3, 0.4) is 0 Å². The van der Waals surface area contributed by atoms with Gasteiger partial charge >= 0.3 is 0 Å². The lowest BCUT2D eigenvalue weighted by molar-refractivity contribution is -0.133. The topological polar surface area (TPSA) is 61.4 Å². The van der Waals surface area contributed by atoms with Gasteiger partial charge in [-0.3, -0.25) is 9.59 Å². The summed E-state index contributed by atoms with van der Waals surface area (Å²) in [6, 6.07) is 6.79. The van der Waals surface area contributed by atoms with Crippen molar-refractivity contribution in [3.63, 3.8) is 0 Å². The standard InChI is InChI=1S/C24H37N3O2/c1-17-12-18(2)14-21(13-17)24(29)26-15-20-7-9-22(10-8-20)25-16-23(28)27-11-5-4-6-19(27)3/h12-14,19-20,22,25H,4-11,15-16H2,1-3H3,(H,26,29)/t19?,20-,22-. The number of benzene rings is 1. The average Bonchev–Trinajstić information content (AvgIpc) is 2.70. The lowest BCUT2D eigenvalue weighted by atomic mass is 9.86. The van der Waals surface area contributed by atoms with Crippen LogP contribution < -0.4 is 10.6 Å². The molecule has 0 spiro atoms. The zero-order valence-electron chi connectivity index (χ0n) is 18.3. The molecule has 1 aromatic carbocycles. The number of hydrogen-bond donors (Lipinski definition) is 2. The zero-order chi connectivity index (χ0) is 20.8. The molecule has 1 heterocycles. The first kappa shape index (κ1) is 21.8. The predicted octanol–water partition coefficient (Wildman–Crippen LogP) is 3.58. The van der Waals surface area contributed by atoms with Crippen molar-refractivity contribution in [3.8, 4) is 0 Å². The molecule has 5 heteroatoms. The van der Waals surface area contributed by atoms with E-state index in [2.05, 4.69) is 23.6 Å². The van der Waals surface area contributed by atoms with Crippen molar-refractivity contribution in [2.24, 2.45) is 5.92 Å². The summed E-state index contributed by atoms with van der Waals surface area (Å²) in [5, 5.41) is 6.60. The van der Waals surface area contributed by atoms with E-state index in [1.807, 2.05) is 30.9 Å². The van der Waals surface area contributed by atoms with Crippen molar-refractivity contribution < 1.29 is 9.59 Å². The van der Waals surface area contributed by atoms with E-state index in [4.69, 9.17) is 0 Å². The maximum atomic E-state index is 12.5. The van der Waals surface area contributed by atoms with Gasteiger partial charge in [0.05, 0.1) is 6.54 Å². The summed E-state index contributed by atoms with van der Waals surface area (Å²) in [6.45, 7) is 8.32. The number of nitrogens with one attached hydrogen (secondary N) is 2. The molecule has 1 saturated heterocycles. The molecule has 29 heavy (non-hydrogen) atoms. The Morgan fingerprint density at radius 3 is 2.34 bits per heavy atom. The largest absolute Gasteiger partial charge is 0.352 e. The van der Waals surface area contributed by atoms with E-state index in [1.54, 1.807) is 0 Å². The Bertz CT molecular complexity index is 690. The molecule has 160 valence electrons. The first-order valence-corrected chi connectivity index (χ1v) is 11.3. The van der Waals surface area contributed by atoms with E-state index in [0.29, 0.717) is 24.5 Å². The van der Waals surface area contributed by atoms with Gasteiger partial charge in [-0.15, -0.1) is 0 Å². The molecule has 1 aliphatic heterocycles. The first-order valence-electron chi connectivity index (χ1n) is 11.3. The number of hydrogen-bond acceptors (Lipinski definition) is 3. The smallest absolute Gasteiger partial charge is 0.251 e. The fraction of sp³-hybridized carbons (Fsp3) is 0.667. The van der Waals surface area contributed by atoms with Crippen LogP contribution in [-0.2, 0) is 4.79 Å². The van der Waals surface area contributed by atoms with Crippen LogP contribution in [0.5, 0.6) is 0 Å². The van der Waals surface area contributed by atoms with E-state index in [9.17, 15) is 9.59 Å². The van der Waals surface area contributed by atoms with Crippen molar-refractivity contribution in [2.45, 2.75) is 77.8 Å². The highest BCUT2D eigenvalue weighted by atomic mass is 16.2. The van der Waals surface area contributed by atoms with Crippen LogP contribution in [-0.4, -0.2) is 48.4 Å². The fourth-order valence-corrected chi connectivity index (χ4v) is 4.82. The first-order chi connectivity index (χ1) is 13.9. The number of aryl methyl sites for hydroxylation is 2. The maximum absolute atomic E-state index is 12.5. The molecule has 1 saturated carbocycles. The molecule has 2 fully saturated rings. The van der Waals surface area contributed by atoms with Gasteiger partial charge in [-0.05, 0) is 83.8 Å². The van der Waals surface area contributed by atoms with Gasteiger partial charge in [0, 0.05) is 30.7 Å². The Balaban J connectivity index is 1.36. The molecular weight excluding hydrogens is 362 g/mol. The number of nitrogens with zero attached hydrogens (tertiary/aromatic N) is 1. The van der Waals surface area contributed by atoms with Crippen LogP contribution >= 0.6 is 0 Å². The van der Waals surface area contributed by atoms with E-state index in [-0.39, 0.29) is 11.8 Å². The second kappa shape index (κ2) is 10.2. The molecule has 5 nitrogen and oxygen atoms in total. The molecule has 2 amide bonds. The van der Waals surface area contributed by atoms with E-state index < -0.39 is 0 Å². The van der Waals surface area contributed by atoms with Gasteiger partial charge < -0.3 is 15.5 Å². The minimum absolute atomic E-state index is 0.0262. The van der Waals surface area contributed by atoms with Crippen molar-refractivity contribution >= 4 is 11.8 Å². The Kier molecular flexibility index (Phi) is 7.70. The Labute approximate surface area is 175 Å². The predicted molar refractivity (Wildman–Crippen MR) is 117 cm³/mol. The summed E-state index contributed by atoms with van der Waals surface area (Å²) < 4.78 is 0. The SMILES string of the molecule is Cc1cc(C)cc(C(=O)NC[C@H]2CC[C@H](NCC(=O)N3CCCCC3C)CC2)c1. The monoisotopic (exact) mass is 399 g/mol. The van der Waals surface area contributed by atoms with Crippen LogP contribution in [0.4, 0.5) is 0 Å². The maximum Gasteiger partial charge on any atom is 0.251 e. The number of likely N-dealkylation sites (tertiary alicyclic amines) is 1. The van der Waals surface area contributed by atoms with Crippen molar-refractivity contribution in [1.29, 1.82) is 0 Å². The van der Waals surface area contributed by atoms with Crippen LogP contribution in [0.25, 0.3) is 0 Å². The molecule has 1 aromatic rings. The highest BCUT2D eigenvalue weighted by molar-refractivity contribution is 5.94. The number of amides is 2. The molecule has 2 N–H and O–H groups in total. The van der Waals surface area contributed by atoms with E-state index >= 15 is 0 Å². The second-order valence-corrected chi connectivity index (χ2v) is 9.12. The van der Waals surface area contributed by atoms with Gasteiger partial charge in [0.15, 0.2) is 0 Å². The Morgan fingerprint density at radius 2 is 1.69 bits per heavy atom. The summed E-state index contributed by atoms with van der Waals surface area (Å²) in [4.78, 5) is 27.0. The molecule has 0 aromatic heterocycles. The molecule has 1 aliphatic carbocycles. The lowest BCUT2D eigenvalue weighted by Crippen LogP contribution is -2.48. The highest BCUT2D eigenvalue weighted by Crippen LogP contribution is 2.24. The van der Waals surface area contributed by atoms with E-state index in [0.717, 1.165) is 68.3 Å². The number of carbonyl (C=O) groups is 2. The van der Waals surface area contributed by atoms with Crippen LogP contribution in [0.15, 0.2) is 18.2 Å². The summed E-state index contributed by atoms with van der Waals surface area (Å²) in [6.07, 6.45) is 7.85. The average molecular weight is 400 g/mol. The second-order valence-electron chi connectivity index (χ2n) is 9.12. The van der Waals surface area contributed by atoms with Crippen molar-refractivity contribution in [1.82, 2.24) is 15.5 Å². The van der Waals surface area contributed by atoms with Crippen molar-refractivity contribution in [3.05, 3.63) is 34.9 Å². The number of rotatable bonds is 6.